The summed E-state index contributed by atoms with van der Waals surface area (Å²) in [6.45, 7) is 0. The van der Waals surface area contributed by atoms with E-state index in [-0.39, 0.29) is 0 Å². The zero-order valence-electron chi connectivity index (χ0n) is 3.30. The van der Waals surface area contributed by atoms with E-state index in [0.717, 1.165) is 22.6 Å². The molecule has 0 rings (SSSR count). The third kappa shape index (κ3) is 6.08. The lowest BCUT2D eigenvalue weighted by molar-refractivity contribution is 0.228. The normalized spacial score (nSPS) is 10.8. The Labute approximate surface area is 58.6 Å². The average Bonchev–Trinajstić information content (AvgIpc) is 1.21. The molecule has 0 unspecified atom stereocenters. The van der Waals surface area contributed by atoms with Gasteiger partial charge < -0.3 is 4.18 Å². The second-order valence-corrected chi connectivity index (χ2v) is 2.55. The van der Waals surface area contributed by atoms with Crippen LogP contribution in [0.5, 0.6) is 0 Å². The Morgan fingerprint density at radius 2 is 2.00 bits per heavy atom. The first-order valence-corrected chi connectivity index (χ1v) is 3.64. The van der Waals surface area contributed by atoms with Crippen molar-refractivity contribution in [2.75, 3.05) is 0 Å². The summed E-state index contributed by atoms with van der Waals surface area (Å²) < 4.78 is 31.7. The van der Waals surface area contributed by atoms with E-state index in [2.05, 4.69) is 4.18 Å². The SMILES string of the molecule is O=C(I)OS(=O)(=O)F. The summed E-state index contributed by atoms with van der Waals surface area (Å²) in [6.07, 6.45) is 0. The molecule has 7 heteroatoms. The Balaban J connectivity index is 3.95. The second-order valence-electron chi connectivity index (χ2n) is 0.714. The van der Waals surface area contributed by atoms with E-state index < -0.39 is 14.5 Å². The van der Waals surface area contributed by atoms with Crippen LogP contribution >= 0.6 is 22.6 Å². The Morgan fingerprint density at radius 3 is 2.00 bits per heavy atom. The van der Waals surface area contributed by atoms with E-state index in [1.165, 1.54) is 0 Å². The predicted molar refractivity (Wildman–Crippen MR) is 30.5 cm³/mol. The Hall–Kier alpha value is 0.0800. The predicted octanol–water partition coefficient (Wildman–Crippen LogP) is 0.772. The molecule has 0 aliphatic carbocycles. The molecule has 8 heavy (non-hydrogen) atoms. The van der Waals surface area contributed by atoms with Crippen LogP contribution in [0.15, 0.2) is 0 Å². The van der Waals surface area contributed by atoms with Gasteiger partial charge in [-0.1, -0.05) is 3.89 Å². The van der Waals surface area contributed by atoms with Crippen LogP contribution in [0.1, 0.15) is 0 Å². The highest BCUT2D eigenvalue weighted by atomic mass is 127. The molecule has 0 N–H and O–H groups in total. The summed E-state index contributed by atoms with van der Waals surface area (Å²) in [5.74, 6) is 0. The van der Waals surface area contributed by atoms with Crippen LogP contribution < -0.4 is 0 Å². The maximum absolute atomic E-state index is 11.2. The van der Waals surface area contributed by atoms with Gasteiger partial charge in [-0.05, 0) is 0 Å². The van der Waals surface area contributed by atoms with Crippen LogP contribution in [-0.2, 0) is 14.7 Å². The van der Waals surface area contributed by atoms with Gasteiger partial charge in [0, 0.05) is 0 Å². The molecule has 4 nitrogen and oxygen atoms in total. The zero-order chi connectivity index (χ0) is 6.78. The molecule has 48 valence electrons. The van der Waals surface area contributed by atoms with E-state index in [1.807, 2.05) is 0 Å². The van der Waals surface area contributed by atoms with Gasteiger partial charge in [0.25, 0.3) is 0 Å². The lowest BCUT2D eigenvalue weighted by atomic mass is 11.7. The lowest BCUT2D eigenvalue weighted by Gasteiger charge is -1.85. The molecule has 0 spiro atoms. The molecule has 0 saturated heterocycles. The molecule has 0 atom stereocenters. The molecule has 0 aromatic carbocycles. The standard InChI is InChI=1S/CFIO4S/c2-8(5,6)7-1(3)4. The molecule has 0 bridgehead atoms. The van der Waals surface area contributed by atoms with Gasteiger partial charge in [-0.3, -0.25) is 0 Å². The van der Waals surface area contributed by atoms with Gasteiger partial charge in [-0.25, -0.2) is 4.79 Å². The fraction of sp³-hybridized carbons (Fsp3) is 0. The minimum atomic E-state index is -5.08. The minimum absolute atomic E-state index is 0.987. The molecule has 0 radical (unpaired) electrons. The summed E-state index contributed by atoms with van der Waals surface area (Å²) in [5, 5.41) is 0. The molecular formula is CFIO4S. The molecule has 0 aromatic rings. The maximum Gasteiger partial charge on any atom is 0.491 e. The van der Waals surface area contributed by atoms with Crippen LogP contribution in [0.3, 0.4) is 0 Å². The van der Waals surface area contributed by atoms with Crippen molar-refractivity contribution in [3.05, 3.63) is 0 Å². The third-order valence-electron chi connectivity index (χ3n) is 0.165. The van der Waals surface area contributed by atoms with Crippen molar-refractivity contribution in [2.24, 2.45) is 0 Å². The van der Waals surface area contributed by atoms with Crippen LogP contribution in [0.4, 0.5) is 8.68 Å². The Bertz CT molecular complexity index is 182. The number of carbonyl (C=O) groups excluding carboxylic acids is 1. The molecule has 0 aromatic heterocycles. The summed E-state index contributed by atoms with van der Waals surface area (Å²) in [6, 6.07) is 0. The van der Waals surface area contributed by atoms with Crippen molar-refractivity contribution in [3.63, 3.8) is 0 Å². The number of halogens is 2. The molecule has 0 fully saturated rings. The minimum Gasteiger partial charge on any atom is -0.312 e. The van der Waals surface area contributed by atoms with Crippen LogP contribution in [-0.4, -0.2) is 12.4 Å². The molecule has 0 aliphatic rings. The number of carbonyl (C=O) groups is 1. The quantitative estimate of drug-likeness (QED) is 0.512. The van der Waals surface area contributed by atoms with E-state index in [4.69, 9.17) is 0 Å². The molecule has 0 amide bonds. The topological polar surface area (TPSA) is 60.4 Å². The summed E-state index contributed by atoms with van der Waals surface area (Å²) in [5.41, 5.74) is 0. The summed E-state index contributed by atoms with van der Waals surface area (Å²) in [4.78, 5) is 9.60. The van der Waals surface area contributed by atoms with Gasteiger partial charge in [-0.2, -0.15) is 8.42 Å². The molecule has 0 heterocycles. The van der Waals surface area contributed by atoms with E-state index in [1.54, 1.807) is 0 Å². The average molecular weight is 254 g/mol. The van der Waals surface area contributed by atoms with Crippen LogP contribution in [0.25, 0.3) is 0 Å². The van der Waals surface area contributed by atoms with Crippen molar-refractivity contribution in [1.29, 1.82) is 0 Å². The van der Waals surface area contributed by atoms with Crippen LogP contribution in [0.2, 0.25) is 0 Å². The number of rotatable bonds is 1. The van der Waals surface area contributed by atoms with Gasteiger partial charge in [0.2, 0.25) is 0 Å². The van der Waals surface area contributed by atoms with Crippen LogP contribution in [0, 0.1) is 0 Å². The largest absolute Gasteiger partial charge is 0.491 e. The van der Waals surface area contributed by atoms with Gasteiger partial charge in [0.15, 0.2) is 0 Å². The number of hydrogen-bond acceptors (Lipinski definition) is 4. The van der Waals surface area contributed by atoms with E-state index in [9.17, 15) is 17.1 Å². The highest BCUT2D eigenvalue weighted by Gasteiger charge is 2.10. The number of hydrogen-bond donors (Lipinski definition) is 0. The van der Waals surface area contributed by atoms with Gasteiger partial charge in [0.05, 0.1) is 22.6 Å². The Kier molecular flexibility index (Phi) is 2.60. The third-order valence-corrected chi connectivity index (χ3v) is 1.03. The zero-order valence-corrected chi connectivity index (χ0v) is 6.27. The summed E-state index contributed by atoms with van der Waals surface area (Å²) >= 11 is 0.987. The van der Waals surface area contributed by atoms with Gasteiger partial charge in [0.1, 0.15) is 0 Å². The Morgan fingerprint density at radius 1 is 1.62 bits per heavy atom. The fourth-order valence-corrected chi connectivity index (χ4v) is 0.879. The van der Waals surface area contributed by atoms with Crippen molar-refractivity contribution in [2.45, 2.75) is 0 Å². The molecule has 0 saturated carbocycles. The molecular weight excluding hydrogens is 254 g/mol. The monoisotopic (exact) mass is 254 g/mol. The maximum atomic E-state index is 11.2. The summed E-state index contributed by atoms with van der Waals surface area (Å²) in [7, 11) is -5.08. The van der Waals surface area contributed by atoms with Crippen molar-refractivity contribution >= 4 is 37.1 Å². The first-order chi connectivity index (χ1) is 3.42. The highest BCUT2D eigenvalue weighted by Crippen LogP contribution is 1.99. The van der Waals surface area contributed by atoms with Gasteiger partial charge in [-0.15, -0.1) is 0 Å². The first kappa shape index (κ1) is 8.08. The highest BCUT2D eigenvalue weighted by molar-refractivity contribution is 14.1. The fourth-order valence-electron chi connectivity index (χ4n) is 0.0783. The van der Waals surface area contributed by atoms with E-state index in [0.29, 0.717) is 0 Å². The van der Waals surface area contributed by atoms with Crippen molar-refractivity contribution < 1.29 is 21.3 Å². The van der Waals surface area contributed by atoms with E-state index >= 15 is 0 Å². The van der Waals surface area contributed by atoms with Crippen molar-refractivity contribution in [1.82, 2.24) is 0 Å². The first-order valence-electron chi connectivity index (χ1n) is 1.25. The second kappa shape index (κ2) is 2.58. The smallest absolute Gasteiger partial charge is 0.312 e. The lowest BCUT2D eigenvalue weighted by Crippen LogP contribution is -1.98. The van der Waals surface area contributed by atoms with Gasteiger partial charge >= 0.3 is 14.5 Å². The van der Waals surface area contributed by atoms with Crippen molar-refractivity contribution in [3.8, 4) is 0 Å². The molecule has 0 aliphatic heterocycles.